The molecular formula is C4H11K2O6Sb. The molecule has 4 N–H and O–H groups in total. The first kappa shape index (κ1) is 25.0. The van der Waals surface area contributed by atoms with Crippen molar-refractivity contribution >= 4 is 139 Å². The number of aliphatic hydroxyl groups is 2. The van der Waals surface area contributed by atoms with Crippen molar-refractivity contribution in [3.05, 3.63) is 0 Å². The normalized spacial score (nSPS) is 12.2. The van der Waals surface area contributed by atoms with Crippen LogP contribution in [0.3, 0.4) is 0 Å². The molecule has 13 heavy (non-hydrogen) atoms. The monoisotopic (exact) mass is 354 g/mol. The molecule has 0 radical (unpaired) electrons. The summed E-state index contributed by atoms with van der Waals surface area (Å²) < 4.78 is 0. The van der Waals surface area contributed by atoms with E-state index in [-0.39, 0.29) is 127 Å². The van der Waals surface area contributed by atoms with Crippen molar-refractivity contribution in [2.45, 2.75) is 12.2 Å². The van der Waals surface area contributed by atoms with Crippen LogP contribution < -0.4 is 0 Å². The fraction of sp³-hybridized carbons (Fsp3) is 0.500. The Kier molecular flexibility index (Phi) is 25.0. The van der Waals surface area contributed by atoms with Crippen molar-refractivity contribution < 1.29 is 30.0 Å². The minimum atomic E-state index is -2.27. The van der Waals surface area contributed by atoms with Crippen LogP contribution in [0, 0.1) is 0 Å². The SMILES string of the molecule is O=C(O)C(O)C(O)C(=O)O.[KH].[KH].[SbH3]. The number of carboxylic acid groups (broad SMARTS) is 2. The average Bonchev–Trinajstić information content (AvgIpc) is 1.84. The van der Waals surface area contributed by atoms with E-state index in [2.05, 4.69) is 0 Å². The Morgan fingerprint density at radius 1 is 0.846 bits per heavy atom. The third-order valence-corrected chi connectivity index (χ3v) is 0.805. The molecule has 2 unspecified atom stereocenters. The third kappa shape index (κ3) is 11.2. The van der Waals surface area contributed by atoms with Gasteiger partial charge < -0.3 is 20.4 Å². The number of hydrogen-bond acceptors (Lipinski definition) is 4. The van der Waals surface area contributed by atoms with Gasteiger partial charge in [-0.05, 0) is 0 Å². The second-order valence-electron chi connectivity index (χ2n) is 1.57. The van der Waals surface area contributed by atoms with E-state index >= 15 is 0 Å². The van der Waals surface area contributed by atoms with Crippen LogP contribution in [-0.2, 0) is 9.59 Å². The average molecular weight is 355 g/mol. The van der Waals surface area contributed by atoms with Gasteiger partial charge in [0.1, 0.15) is 0 Å². The molecule has 0 saturated carbocycles. The van der Waals surface area contributed by atoms with Gasteiger partial charge in [0, 0.05) is 0 Å². The zero-order valence-electron chi connectivity index (χ0n) is 5.47. The van der Waals surface area contributed by atoms with E-state index in [1.54, 1.807) is 0 Å². The van der Waals surface area contributed by atoms with Gasteiger partial charge in [-0.3, -0.25) is 0 Å². The van der Waals surface area contributed by atoms with E-state index in [1.165, 1.54) is 0 Å². The quantitative estimate of drug-likeness (QED) is 0.379. The summed E-state index contributed by atoms with van der Waals surface area (Å²) in [5, 5.41) is 32.5. The van der Waals surface area contributed by atoms with Gasteiger partial charge in [-0.15, -0.1) is 0 Å². The summed E-state index contributed by atoms with van der Waals surface area (Å²) in [6.45, 7) is 0. The summed E-state index contributed by atoms with van der Waals surface area (Å²) in [5.74, 6) is -3.54. The second kappa shape index (κ2) is 13.0. The van der Waals surface area contributed by atoms with Crippen LogP contribution in [0.5, 0.6) is 0 Å². The molecule has 0 bridgehead atoms. The number of rotatable bonds is 3. The van der Waals surface area contributed by atoms with Crippen molar-refractivity contribution in [2.75, 3.05) is 0 Å². The van der Waals surface area contributed by atoms with E-state index in [0.717, 1.165) is 0 Å². The molecule has 0 aliphatic rings. The molecule has 0 saturated heterocycles. The van der Waals surface area contributed by atoms with E-state index in [4.69, 9.17) is 20.4 Å². The molecule has 0 heterocycles. The van der Waals surface area contributed by atoms with E-state index < -0.39 is 24.1 Å². The summed E-state index contributed by atoms with van der Waals surface area (Å²) >= 11 is 0. The van der Waals surface area contributed by atoms with Crippen LogP contribution >= 0.6 is 0 Å². The summed E-state index contributed by atoms with van der Waals surface area (Å²) in [7, 11) is 0. The number of aliphatic hydroxyl groups excluding tert-OH is 2. The first-order chi connectivity index (χ1) is 4.46. The molecule has 0 rings (SSSR count). The zero-order chi connectivity index (χ0) is 8.31. The summed E-state index contributed by atoms with van der Waals surface area (Å²) in [6.07, 6.45) is -4.53. The Hall–Kier alpha value is 2.95. The van der Waals surface area contributed by atoms with Gasteiger partial charge in [0.2, 0.25) is 0 Å². The van der Waals surface area contributed by atoms with Gasteiger partial charge in [0.25, 0.3) is 0 Å². The van der Waals surface area contributed by atoms with Crippen molar-refractivity contribution in [3.8, 4) is 0 Å². The predicted octanol–water partition coefficient (Wildman–Crippen LogP) is -4.60. The van der Waals surface area contributed by atoms with Gasteiger partial charge in [-0.25, -0.2) is 9.59 Å². The molecule has 0 aromatic rings. The molecule has 2 atom stereocenters. The van der Waals surface area contributed by atoms with Gasteiger partial charge in [-0.1, -0.05) is 0 Å². The fourth-order valence-electron chi connectivity index (χ4n) is 0.270. The molecule has 70 valence electrons. The van der Waals surface area contributed by atoms with Gasteiger partial charge in [-0.2, -0.15) is 0 Å². The molecule has 0 aromatic carbocycles. The van der Waals surface area contributed by atoms with E-state index in [1.807, 2.05) is 0 Å². The summed E-state index contributed by atoms with van der Waals surface area (Å²) in [5.41, 5.74) is 0. The molecule has 0 aromatic heterocycles. The Morgan fingerprint density at radius 3 is 1.08 bits per heavy atom. The molecular weight excluding hydrogens is 344 g/mol. The van der Waals surface area contributed by atoms with Crippen LogP contribution in [0.2, 0.25) is 0 Å². The van der Waals surface area contributed by atoms with Crippen molar-refractivity contribution in [1.29, 1.82) is 0 Å². The first-order valence-electron chi connectivity index (χ1n) is 2.28. The Bertz CT molecular complexity index is 147. The maximum atomic E-state index is 9.77. The molecule has 0 spiro atoms. The van der Waals surface area contributed by atoms with Crippen LogP contribution in [0.4, 0.5) is 0 Å². The third-order valence-electron chi connectivity index (χ3n) is 0.805. The second-order valence-corrected chi connectivity index (χ2v) is 1.57. The molecule has 0 fully saturated rings. The predicted molar refractivity (Wildman–Crippen MR) is 51.5 cm³/mol. The van der Waals surface area contributed by atoms with Crippen LogP contribution in [-0.4, -0.2) is 172 Å². The number of carboxylic acids is 2. The van der Waals surface area contributed by atoms with Crippen LogP contribution in [0.1, 0.15) is 0 Å². The molecule has 6 nitrogen and oxygen atoms in total. The Balaban J connectivity index is -0.000000135. The summed E-state index contributed by atoms with van der Waals surface area (Å²) in [6, 6.07) is 0. The number of aliphatic carboxylic acids is 2. The molecule has 0 amide bonds. The van der Waals surface area contributed by atoms with Gasteiger partial charge in [0.05, 0.1) is 0 Å². The zero-order valence-corrected chi connectivity index (χ0v) is 9.50. The first-order valence-corrected chi connectivity index (χ1v) is 2.28. The van der Waals surface area contributed by atoms with Crippen molar-refractivity contribution in [1.82, 2.24) is 0 Å². The molecule has 9 heteroatoms. The van der Waals surface area contributed by atoms with Crippen LogP contribution in [0.15, 0.2) is 0 Å². The van der Waals surface area contributed by atoms with Gasteiger partial charge in [0.15, 0.2) is 12.2 Å². The standard InChI is InChI=1S/C4H6O6.2K.Sb.5H/c5-1(3(7)8)2(6)4(9)10;;;;;;;;/h1-2,5-6H,(H,7,8)(H,9,10);;;;;;;;. The summed E-state index contributed by atoms with van der Waals surface area (Å²) in [4.78, 5) is 19.5. The minimum absolute atomic E-state index is 0. The Labute approximate surface area is 177 Å². The van der Waals surface area contributed by atoms with E-state index in [0.29, 0.717) is 0 Å². The van der Waals surface area contributed by atoms with Crippen molar-refractivity contribution in [3.63, 3.8) is 0 Å². The van der Waals surface area contributed by atoms with Crippen molar-refractivity contribution in [2.24, 2.45) is 0 Å². The molecule has 0 aliphatic carbocycles. The molecule has 0 aliphatic heterocycles. The maximum absolute atomic E-state index is 9.77. The van der Waals surface area contributed by atoms with Crippen LogP contribution in [0.25, 0.3) is 0 Å². The number of carbonyl (C=O) groups is 2. The number of hydrogen-bond donors (Lipinski definition) is 4. The van der Waals surface area contributed by atoms with Gasteiger partial charge >= 0.3 is 139 Å². The topological polar surface area (TPSA) is 115 Å². The van der Waals surface area contributed by atoms with E-state index in [9.17, 15) is 9.59 Å². The Morgan fingerprint density at radius 2 is 1.00 bits per heavy atom. The fourth-order valence-corrected chi connectivity index (χ4v) is 0.270.